The van der Waals surface area contributed by atoms with Crippen molar-refractivity contribution in [3.63, 3.8) is 0 Å². The van der Waals surface area contributed by atoms with Gasteiger partial charge in [-0.2, -0.15) is 0 Å². The standard InChI is InChI=1S/C23H34/c1-22(2,3)20-18-11-7-9-16-13-14-17(15-16)10-8-12-19(20)21(18)23(4,5)6/h13,15H,7-12,14H2,1-6H3. The van der Waals surface area contributed by atoms with Crippen LogP contribution in [0.2, 0.25) is 0 Å². The van der Waals surface area contributed by atoms with Crippen molar-refractivity contribution < 1.29 is 0 Å². The molecule has 0 aliphatic heterocycles. The maximum absolute atomic E-state index is 2.49. The van der Waals surface area contributed by atoms with Crippen LogP contribution in [-0.2, 0) is 0 Å². The summed E-state index contributed by atoms with van der Waals surface area (Å²) in [5, 5.41) is 0. The van der Waals surface area contributed by atoms with E-state index in [2.05, 4.69) is 53.7 Å². The van der Waals surface area contributed by atoms with Crippen LogP contribution >= 0.6 is 0 Å². The fourth-order valence-corrected chi connectivity index (χ4v) is 4.81. The van der Waals surface area contributed by atoms with E-state index in [1.165, 1.54) is 44.9 Å². The Morgan fingerprint density at radius 3 is 1.74 bits per heavy atom. The molecular formula is C23H34. The molecule has 4 bridgehead atoms. The topological polar surface area (TPSA) is 0 Å². The van der Waals surface area contributed by atoms with Crippen LogP contribution in [0, 0.1) is 10.8 Å². The number of fused-ring (bicyclic) bond motifs is 4. The molecule has 0 nitrogen and oxygen atoms in total. The first-order chi connectivity index (χ1) is 10.7. The Labute approximate surface area is 143 Å². The van der Waals surface area contributed by atoms with Crippen LogP contribution in [0.4, 0.5) is 0 Å². The van der Waals surface area contributed by atoms with Gasteiger partial charge in [-0.3, -0.25) is 0 Å². The molecule has 4 aliphatic carbocycles. The van der Waals surface area contributed by atoms with Crippen molar-refractivity contribution in [3.05, 3.63) is 45.6 Å². The minimum atomic E-state index is 0.293. The molecule has 0 aromatic heterocycles. The smallest absolute Gasteiger partial charge is 0.0126 e. The maximum Gasteiger partial charge on any atom is -0.0126 e. The van der Waals surface area contributed by atoms with Crippen molar-refractivity contribution in [2.24, 2.45) is 10.8 Å². The second kappa shape index (κ2) is 5.80. The number of hydrogen-bond donors (Lipinski definition) is 0. The highest BCUT2D eigenvalue weighted by Gasteiger charge is 2.39. The number of rotatable bonds is 0. The quantitative estimate of drug-likeness (QED) is 0.440. The van der Waals surface area contributed by atoms with E-state index in [1.54, 1.807) is 33.4 Å². The molecular weight excluding hydrogens is 276 g/mol. The lowest BCUT2D eigenvalue weighted by molar-refractivity contribution is 0.439. The van der Waals surface area contributed by atoms with E-state index in [9.17, 15) is 0 Å². The molecule has 0 spiro atoms. The molecule has 0 N–H and O–H groups in total. The molecule has 0 atom stereocenters. The molecule has 0 saturated heterocycles. The van der Waals surface area contributed by atoms with E-state index >= 15 is 0 Å². The largest absolute Gasteiger partial charge is 0.0772 e. The van der Waals surface area contributed by atoms with Crippen LogP contribution in [0.25, 0.3) is 0 Å². The molecule has 0 radical (unpaired) electrons. The molecule has 0 aromatic rings. The predicted molar refractivity (Wildman–Crippen MR) is 101 cm³/mol. The van der Waals surface area contributed by atoms with Gasteiger partial charge in [-0.25, -0.2) is 0 Å². The van der Waals surface area contributed by atoms with Gasteiger partial charge in [-0.15, -0.1) is 0 Å². The van der Waals surface area contributed by atoms with Crippen molar-refractivity contribution in [3.8, 4) is 0 Å². The molecule has 23 heavy (non-hydrogen) atoms. The third kappa shape index (κ3) is 3.28. The van der Waals surface area contributed by atoms with E-state index in [4.69, 9.17) is 0 Å². The monoisotopic (exact) mass is 310 g/mol. The van der Waals surface area contributed by atoms with Crippen LogP contribution in [0.15, 0.2) is 45.6 Å². The van der Waals surface area contributed by atoms with Gasteiger partial charge in [0.05, 0.1) is 0 Å². The van der Waals surface area contributed by atoms with Crippen molar-refractivity contribution in [2.75, 3.05) is 0 Å². The van der Waals surface area contributed by atoms with Gasteiger partial charge < -0.3 is 0 Å². The first-order valence-electron chi connectivity index (χ1n) is 9.54. The second-order valence-corrected chi connectivity index (χ2v) is 9.70. The Morgan fingerprint density at radius 1 is 0.696 bits per heavy atom. The minimum Gasteiger partial charge on any atom is -0.0772 e. The Balaban J connectivity index is 1.94. The average Bonchev–Trinajstić information content (AvgIpc) is 2.78. The van der Waals surface area contributed by atoms with Crippen molar-refractivity contribution in [1.82, 2.24) is 0 Å². The molecule has 4 aliphatic rings. The van der Waals surface area contributed by atoms with Gasteiger partial charge >= 0.3 is 0 Å². The maximum atomic E-state index is 2.49. The SMILES string of the molecule is CC(C)(C)C1=C2CCCC3=CCC(=C3)CCCC1=C2C(C)(C)C. The van der Waals surface area contributed by atoms with Crippen LogP contribution in [-0.4, -0.2) is 0 Å². The minimum absolute atomic E-state index is 0.293. The third-order valence-electron chi connectivity index (χ3n) is 5.54. The molecule has 0 unspecified atom stereocenters. The summed E-state index contributed by atoms with van der Waals surface area (Å²) in [6.07, 6.45) is 13.9. The summed E-state index contributed by atoms with van der Waals surface area (Å²) in [5.41, 5.74) is 10.7. The summed E-state index contributed by atoms with van der Waals surface area (Å²) < 4.78 is 0. The predicted octanol–water partition coefficient (Wildman–Crippen LogP) is 7.30. The van der Waals surface area contributed by atoms with Gasteiger partial charge in [0.1, 0.15) is 0 Å². The molecule has 126 valence electrons. The van der Waals surface area contributed by atoms with Crippen LogP contribution in [0.5, 0.6) is 0 Å². The van der Waals surface area contributed by atoms with E-state index in [1.807, 2.05) is 0 Å². The number of allylic oxidation sites excluding steroid dienone is 8. The lowest BCUT2D eigenvalue weighted by Gasteiger charge is -2.44. The Hall–Kier alpha value is -1.04. The molecule has 4 rings (SSSR count). The zero-order chi connectivity index (χ0) is 16.8. The molecule has 0 heteroatoms. The summed E-state index contributed by atoms with van der Waals surface area (Å²) in [6.45, 7) is 14.4. The first-order valence-corrected chi connectivity index (χ1v) is 9.54. The summed E-state index contributed by atoms with van der Waals surface area (Å²) in [5.74, 6) is 0. The van der Waals surface area contributed by atoms with Gasteiger partial charge in [0.2, 0.25) is 0 Å². The highest BCUT2D eigenvalue weighted by Crippen LogP contribution is 2.54. The third-order valence-corrected chi connectivity index (χ3v) is 5.54. The molecule has 0 aromatic carbocycles. The molecule has 0 fully saturated rings. The van der Waals surface area contributed by atoms with Crippen molar-refractivity contribution in [2.45, 2.75) is 86.5 Å². The van der Waals surface area contributed by atoms with E-state index in [-0.39, 0.29) is 0 Å². The summed E-state index contributed by atoms with van der Waals surface area (Å²) in [6, 6.07) is 0. The van der Waals surface area contributed by atoms with Crippen LogP contribution in [0.3, 0.4) is 0 Å². The number of hydrogen-bond acceptors (Lipinski definition) is 0. The molecule has 0 saturated carbocycles. The first kappa shape index (κ1) is 16.8. The normalized spacial score (nSPS) is 23.0. The van der Waals surface area contributed by atoms with Gasteiger partial charge in [0.15, 0.2) is 0 Å². The van der Waals surface area contributed by atoms with Gasteiger partial charge in [0, 0.05) is 0 Å². The average molecular weight is 311 g/mol. The van der Waals surface area contributed by atoms with Crippen LogP contribution < -0.4 is 0 Å². The second-order valence-electron chi connectivity index (χ2n) is 9.70. The van der Waals surface area contributed by atoms with E-state index in [0.29, 0.717) is 10.8 Å². The highest BCUT2D eigenvalue weighted by molar-refractivity contribution is 5.63. The molecule has 0 heterocycles. The Bertz CT molecular complexity index is 618. The van der Waals surface area contributed by atoms with E-state index < -0.39 is 0 Å². The van der Waals surface area contributed by atoms with Gasteiger partial charge in [-0.1, -0.05) is 64.8 Å². The van der Waals surface area contributed by atoms with Gasteiger partial charge in [0.25, 0.3) is 0 Å². The molecule has 0 amide bonds. The zero-order valence-corrected chi connectivity index (χ0v) is 16.1. The lowest BCUT2D eigenvalue weighted by atomic mass is 9.60. The summed E-state index contributed by atoms with van der Waals surface area (Å²) >= 11 is 0. The van der Waals surface area contributed by atoms with E-state index in [0.717, 1.165) is 0 Å². The lowest BCUT2D eigenvalue weighted by Crippen LogP contribution is -2.29. The Kier molecular flexibility index (Phi) is 4.23. The summed E-state index contributed by atoms with van der Waals surface area (Å²) in [4.78, 5) is 0. The fraction of sp³-hybridized carbons (Fsp3) is 0.652. The van der Waals surface area contributed by atoms with Crippen molar-refractivity contribution in [1.29, 1.82) is 0 Å². The van der Waals surface area contributed by atoms with Crippen molar-refractivity contribution >= 4 is 0 Å². The van der Waals surface area contributed by atoms with Gasteiger partial charge in [-0.05, 0) is 78.1 Å². The summed E-state index contributed by atoms with van der Waals surface area (Å²) in [7, 11) is 0. The zero-order valence-electron chi connectivity index (χ0n) is 16.1. The Morgan fingerprint density at radius 2 is 1.22 bits per heavy atom. The fourth-order valence-electron chi connectivity index (χ4n) is 4.81. The van der Waals surface area contributed by atoms with Crippen LogP contribution in [0.1, 0.15) is 86.5 Å². The highest BCUT2D eigenvalue weighted by atomic mass is 14.4.